The number of carbonyl (C=O) groups excluding carboxylic acids is 1. The molecule has 2 atom stereocenters. The molecular weight excluding hydrogens is 259 g/mol. The average Bonchev–Trinajstić information content (AvgIpc) is 2.70. The Morgan fingerprint density at radius 1 is 1.15 bits per heavy atom. The quantitative estimate of drug-likeness (QED) is 0.826. The van der Waals surface area contributed by atoms with Gasteiger partial charge in [0.05, 0.1) is 5.69 Å². The van der Waals surface area contributed by atoms with Gasteiger partial charge in [-0.25, -0.2) is 4.39 Å². The fourth-order valence-electron chi connectivity index (χ4n) is 3.00. The van der Waals surface area contributed by atoms with Crippen LogP contribution in [0.3, 0.4) is 0 Å². The van der Waals surface area contributed by atoms with Crippen molar-refractivity contribution in [2.75, 3.05) is 0 Å². The summed E-state index contributed by atoms with van der Waals surface area (Å²) >= 11 is 0. The lowest BCUT2D eigenvalue weighted by atomic mass is 9.80. The maximum Gasteiger partial charge on any atom is 0.190 e. The smallest absolute Gasteiger partial charge is 0.190 e. The van der Waals surface area contributed by atoms with Crippen molar-refractivity contribution in [2.45, 2.75) is 25.7 Å². The maximum atomic E-state index is 13.0. The zero-order chi connectivity index (χ0) is 14.1. The van der Waals surface area contributed by atoms with Crippen molar-refractivity contribution < 1.29 is 14.3 Å². The number of rotatable bonds is 2. The fraction of sp³-hybridized carbons (Fsp3) is 0.400. The Balaban J connectivity index is 1.86. The van der Waals surface area contributed by atoms with Gasteiger partial charge < -0.3 is 5.11 Å². The number of hydrogen-bond donors (Lipinski definition) is 1. The van der Waals surface area contributed by atoms with E-state index in [0.717, 1.165) is 25.7 Å². The first-order valence-electron chi connectivity index (χ1n) is 6.81. The molecule has 2 aliphatic carbocycles. The lowest BCUT2D eigenvalue weighted by Crippen LogP contribution is -2.21. The summed E-state index contributed by atoms with van der Waals surface area (Å²) in [6.45, 7) is 0. The van der Waals surface area contributed by atoms with Gasteiger partial charge >= 0.3 is 0 Å². The fourth-order valence-corrected chi connectivity index (χ4v) is 3.00. The number of hydrogen-bond acceptors (Lipinski definition) is 4. The molecule has 1 fully saturated rings. The number of Topliss-reactive ketones (excluding diaryl/α,β-unsaturated/α-hetero) is 1. The molecule has 104 valence electrons. The van der Waals surface area contributed by atoms with Gasteiger partial charge in [-0.05, 0) is 25.0 Å². The lowest BCUT2D eigenvalue weighted by Gasteiger charge is -2.23. The van der Waals surface area contributed by atoms with Crippen LogP contribution in [0.2, 0.25) is 0 Å². The van der Waals surface area contributed by atoms with Crippen LogP contribution in [0.4, 0.5) is 10.1 Å². The zero-order valence-corrected chi connectivity index (χ0v) is 10.9. The number of halogens is 1. The summed E-state index contributed by atoms with van der Waals surface area (Å²) in [6.07, 6.45) is 3.65. The minimum Gasteiger partial charge on any atom is -0.510 e. The van der Waals surface area contributed by atoms with Crippen molar-refractivity contribution >= 4 is 11.5 Å². The molecule has 2 unspecified atom stereocenters. The number of ketones is 1. The third-order valence-electron chi connectivity index (χ3n) is 4.00. The van der Waals surface area contributed by atoms with Crippen LogP contribution in [0.1, 0.15) is 25.7 Å². The zero-order valence-electron chi connectivity index (χ0n) is 10.9. The van der Waals surface area contributed by atoms with E-state index in [4.69, 9.17) is 0 Å². The van der Waals surface area contributed by atoms with E-state index in [0.29, 0.717) is 5.69 Å². The van der Waals surface area contributed by atoms with Crippen LogP contribution in [-0.4, -0.2) is 10.9 Å². The molecule has 1 saturated carbocycles. The van der Waals surface area contributed by atoms with Crippen LogP contribution in [-0.2, 0) is 4.79 Å². The second kappa shape index (κ2) is 5.15. The molecule has 0 heterocycles. The predicted octanol–water partition coefficient (Wildman–Crippen LogP) is 4.07. The summed E-state index contributed by atoms with van der Waals surface area (Å²) in [6, 6.07) is 5.66. The maximum absolute atomic E-state index is 13.0. The molecule has 0 aromatic heterocycles. The van der Waals surface area contributed by atoms with Crippen molar-refractivity contribution in [3.05, 3.63) is 41.5 Å². The van der Waals surface area contributed by atoms with Gasteiger partial charge in [-0.2, -0.15) is 5.11 Å². The summed E-state index contributed by atoms with van der Waals surface area (Å²) in [5, 5.41) is 17.8. The number of azo groups is 1. The normalized spacial score (nSPS) is 26.4. The Bertz CT molecular complexity index is 610. The number of aliphatic hydroxyl groups excluding tert-OH is 1. The largest absolute Gasteiger partial charge is 0.510 e. The molecule has 0 amide bonds. The SMILES string of the molecule is O=C1C(N=Nc2cccc(F)c2)=C(O)C2CCCCC12. The topological polar surface area (TPSA) is 62.0 Å². The van der Waals surface area contributed by atoms with Crippen LogP contribution in [0, 0.1) is 17.7 Å². The first-order chi connectivity index (χ1) is 9.66. The number of carbonyl (C=O) groups is 1. The molecule has 0 saturated heterocycles. The average molecular weight is 274 g/mol. The van der Waals surface area contributed by atoms with E-state index >= 15 is 0 Å². The van der Waals surface area contributed by atoms with Gasteiger partial charge in [-0.15, -0.1) is 5.11 Å². The third kappa shape index (κ3) is 2.24. The summed E-state index contributed by atoms with van der Waals surface area (Å²) in [5.74, 6) is -0.735. The molecule has 3 rings (SSSR count). The Labute approximate surface area is 116 Å². The van der Waals surface area contributed by atoms with E-state index in [1.54, 1.807) is 6.07 Å². The third-order valence-corrected chi connectivity index (χ3v) is 4.00. The van der Waals surface area contributed by atoms with Gasteiger partial charge in [0.1, 0.15) is 11.6 Å². The molecule has 1 aromatic rings. The highest BCUT2D eigenvalue weighted by Crippen LogP contribution is 2.43. The molecule has 4 nitrogen and oxygen atoms in total. The Morgan fingerprint density at radius 2 is 1.90 bits per heavy atom. The molecule has 0 spiro atoms. The molecular formula is C15H15FN2O2. The first kappa shape index (κ1) is 13.0. The Morgan fingerprint density at radius 3 is 2.60 bits per heavy atom. The Hall–Kier alpha value is -2.04. The predicted molar refractivity (Wildman–Crippen MR) is 71.0 cm³/mol. The van der Waals surface area contributed by atoms with Crippen molar-refractivity contribution in [1.82, 2.24) is 0 Å². The standard InChI is InChI=1S/C15H15FN2O2/c16-9-4-3-5-10(8-9)17-18-13-14(19)11-6-1-2-7-12(11)15(13)20/h3-5,8,11-12,19H,1-2,6-7H2. The molecule has 20 heavy (non-hydrogen) atoms. The highest BCUT2D eigenvalue weighted by atomic mass is 19.1. The van der Waals surface area contributed by atoms with Gasteiger partial charge in [-0.1, -0.05) is 18.9 Å². The number of nitrogens with zero attached hydrogens (tertiary/aromatic N) is 2. The van der Waals surface area contributed by atoms with Crippen LogP contribution in [0.15, 0.2) is 46.0 Å². The summed E-state index contributed by atoms with van der Waals surface area (Å²) in [4.78, 5) is 12.2. The second-order valence-electron chi connectivity index (χ2n) is 5.28. The monoisotopic (exact) mass is 274 g/mol. The van der Waals surface area contributed by atoms with Crippen LogP contribution >= 0.6 is 0 Å². The minimum absolute atomic E-state index is 0.0474. The molecule has 0 bridgehead atoms. The van der Waals surface area contributed by atoms with Crippen molar-refractivity contribution in [3.63, 3.8) is 0 Å². The molecule has 2 aliphatic rings. The molecule has 1 N–H and O–H groups in total. The lowest BCUT2D eigenvalue weighted by molar-refractivity contribution is -0.120. The number of fused-ring (bicyclic) bond motifs is 1. The molecule has 0 aliphatic heterocycles. The summed E-state index contributed by atoms with van der Waals surface area (Å²) in [7, 11) is 0. The van der Waals surface area contributed by atoms with Crippen LogP contribution in [0.25, 0.3) is 0 Å². The van der Waals surface area contributed by atoms with E-state index in [-0.39, 0.29) is 29.1 Å². The highest BCUT2D eigenvalue weighted by Gasteiger charge is 2.43. The summed E-state index contributed by atoms with van der Waals surface area (Å²) < 4.78 is 13.0. The van der Waals surface area contributed by atoms with Crippen molar-refractivity contribution in [1.29, 1.82) is 0 Å². The van der Waals surface area contributed by atoms with E-state index in [1.165, 1.54) is 18.2 Å². The van der Waals surface area contributed by atoms with Gasteiger partial charge in [0, 0.05) is 17.9 Å². The van der Waals surface area contributed by atoms with E-state index in [9.17, 15) is 14.3 Å². The van der Waals surface area contributed by atoms with E-state index < -0.39 is 5.82 Å². The van der Waals surface area contributed by atoms with E-state index in [2.05, 4.69) is 10.2 Å². The minimum atomic E-state index is -0.411. The molecule has 0 radical (unpaired) electrons. The summed E-state index contributed by atoms with van der Waals surface area (Å²) in [5.41, 5.74) is 0.374. The van der Waals surface area contributed by atoms with Crippen LogP contribution in [0.5, 0.6) is 0 Å². The molecule has 5 heteroatoms. The van der Waals surface area contributed by atoms with Gasteiger partial charge in [-0.3, -0.25) is 4.79 Å². The van der Waals surface area contributed by atoms with Crippen molar-refractivity contribution in [2.24, 2.45) is 22.1 Å². The number of aliphatic hydroxyl groups is 1. The van der Waals surface area contributed by atoms with E-state index in [1.807, 2.05) is 0 Å². The second-order valence-corrected chi connectivity index (χ2v) is 5.28. The van der Waals surface area contributed by atoms with Gasteiger partial charge in [0.2, 0.25) is 0 Å². The number of benzene rings is 1. The Kier molecular flexibility index (Phi) is 3.34. The van der Waals surface area contributed by atoms with Gasteiger partial charge in [0.15, 0.2) is 11.5 Å². The van der Waals surface area contributed by atoms with Crippen molar-refractivity contribution in [3.8, 4) is 0 Å². The van der Waals surface area contributed by atoms with Crippen LogP contribution < -0.4 is 0 Å². The van der Waals surface area contributed by atoms with Gasteiger partial charge in [0.25, 0.3) is 0 Å². The number of allylic oxidation sites excluding steroid dienone is 2. The molecule has 1 aromatic carbocycles. The first-order valence-corrected chi connectivity index (χ1v) is 6.81. The highest BCUT2D eigenvalue weighted by molar-refractivity contribution is 6.00.